The maximum absolute atomic E-state index is 12.9. The zero-order valence-corrected chi connectivity index (χ0v) is 16.9. The van der Waals surface area contributed by atoms with Crippen LogP contribution in [0.1, 0.15) is 30.5 Å². The maximum atomic E-state index is 12.9. The van der Waals surface area contributed by atoms with Crippen molar-refractivity contribution in [3.05, 3.63) is 58.3 Å². The number of nitrogens with one attached hydrogen (secondary N) is 1. The summed E-state index contributed by atoms with van der Waals surface area (Å²) in [4.78, 5) is 25.3. The molecule has 9 heteroatoms. The summed E-state index contributed by atoms with van der Waals surface area (Å²) in [5.41, 5.74) is 3.02. The molecule has 0 fully saturated rings. The fraction of sp³-hybridized carbons (Fsp3) is 0.350. The second kappa shape index (κ2) is 7.47. The highest BCUT2D eigenvalue weighted by Gasteiger charge is 2.19. The first kappa shape index (κ1) is 19.4. The minimum absolute atomic E-state index is 0.125. The number of amides is 1. The van der Waals surface area contributed by atoms with Crippen LogP contribution < -0.4 is 10.9 Å². The van der Waals surface area contributed by atoms with Gasteiger partial charge in [0.05, 0.1) is 10.6 Å². The quantitative estimate of drug-likeness (QED) is 0.686. The van der Waals surface area contributed by atoms with Crippen LogP contribution >= 0.6 is 0 Å². The van der Waals surface area contributed by atoms with Crippen molar-refractivity contribution in [1.29, 1.82) is 0 Å². The Bertz CT molecular complexity index is 1240. The molecule has 0 atom stereocenters. The lowest BCUT2D eigenvalue weighted by atomic mass is 9.97. The molecular formula is C20H22N4O4S. The summed E-state index contributed by atoms with van der Waals surface area (Å²) >= 11 is 0. The summed E-state index contributed by atoms with van der Waals surface area (Å²) in [5, 5.41) is 7.24. The molecule has 0 bridgehead atoms. The van der Waals surface area contributed by atoms with Crippen molar-refractivity contribution < 1.29 is 13.2 Å². The molecule has 0 saturated heterocycles. The fourth-order valence-electron chi connectivity index (χ4n) is 3.66. The number of hydrogen-bond acceptors (Lipinski definition) is 5. The van der Waals surface area contributed by atoms with Crippen LogP contribution in [0.3, 0.4) is 0 Å². The van der Waals surface area contributed by atoms with E-state index in [-0.39, 0.29) is 29.3 Å². The highest BCUT2D eigenvalue weighted by atomic mass is 32.2. The summed E-state index contributed by atoms with van der Waals surface area (Å²) in [5.74, 6) is -0.251. The van der Waals surface area contributed by atoms with Gasteiger partial charge in [-0.3, -0.25) is 9.59 Å². The SMILES string of the molecule is CS(=O)(=O)c1ccc(NC(=O)CCn2ccn3nc4c(c3c2=O)CCCC4)cc1. The molecule has 3 aromatic rings. The molecular weight excluding hydrogens is 392 g/mol. The largest absolute Gasteiger partial charge is 0.326 e. The van der Waals surface area contributed by atoms with Gasteiger partial charge in [0.15, 0.2) is 9.84 Å². The zero-order chi connectivity index (χ0) is 20.6. The van der Waals surface area contributed by atoms with Gasteiger partial charge < -0.3 is 9.88 Å². The van der Waals surface area contributed by atoms with Gasteiger partial charge >= 0.3 is 0 Å². The van der Waals surface area contributed by atoms with Gasteiger partial charge in [0.1, 0.15) is 5.52 Å². The molecule has 152 valence electrons. The van der Waals surface area contributed by atoms with E-state index >= 15 is 0 Å². The lowest BCUT2D eigenvalue weighted by molar-refractivity contribution is -0.116. The molecule has 0 aliphatic heterocycles. The second-order valence-corrected chi connectivity index (χ2v) is 9.33. The van der Waals surface area contributed by atoms with Crippen molar-refractivity contribution >= 4 is 26.9 Å². The number of carbonyl (C=O) groups is 1. The van der Waals surface area contributed by atoms with Crippen molar-refractivity contribution in [3.63, 3.8) is 0 Å². The Balaban J connectivity index is 1.46. The van der Waals surface area contributed by atoms with Gasteiger partial charge in [-0.05, 0) is 49.9 Å². The van der Waals surface area contributed by atoms with Crippen LogP contribution in [-0.4, -0.2) is 34.8 Å². The number of hydrogen-bond donors (Lipinski definition) is 1. The fourth-order valence-corrected chi connectivity index (χ4v) is 4.29. The summed E-state index contributed by atoms with van der Waals surface area (Å²) in [6.45, 7) is 0.253. The van der Waals surface area contributed by atoms with E-state index in [1.807, 2.05) is 0 Å². The molecule has 0 spiro atoms. The summed E-state index contributed by atoms with van der Waals surface area (Å²) in [6.07, 6.45) is 8.59. The van der Waals surface area contributed by atoms with Gasteiger partial charge in [0.25, 0.3) is 5.56 Å². The highest BCUT2D eigenvalue weighted by molar-refractivity contribution is 7.90. The topological polar surface area (TPSA) is 103 Å². The van der Waals surface area contributed by atoms with Crippen molar-refractivity contribution in [3.8, 4) is 0 Å². The van der Waals surface area contributed by atoms with Crippen molar-refractivity contribution in [2.75, 3.05) is 11.6 Å². The third kappa shape index (κ3) is 3.95. The number of fused-ring (bicyclic) bond motifs is 3. The average molecular weight is 414 g/mol. The molecule has 0 unspecified atom stereocenters. The number of aromatic nitrogens is 3. The van der Waals surface area contributed by atoms with E-state index < -0.39 is 9.84 Å². The van der Waals surface area contributed by atoms with Crippen LogP contribution in [0.5, 0.6) is 0 Å². The Hall–Kier alpha value is -2.94. The summed E-state index contributed by atoms with van der Waals surface area (Å²) in [7, 11) is -3.28. The number of aryl methyl sites for hydroxylation is 3. The molecule has 0 saturated carbocycles. The third-order valence-corrected chi connectivity index (χ3v) is 6.31. The van der Waals surface area contributed by atoms with E-state index in [1.54, 1.807) is 29.0 Å². The van der Waals surface area contributed by atoms with E-state index in [0.717, 1.165) is 43.2 Å². The van der Waals surface area contributed by atoms with Gasteiger partial charge in [-0.2, -0.15) is 5.10 Å². The molecule has 1 aliphatic carbocycles. The van der Waals surface area contributed by atoms with Crippen molar-refractivity contribution in [1.82, 2.24) is 14.2 Å². The lowest BCUT2D eigenvalue weighted by Crippen LogP contribution is -2.24. The highest BCUT2D eigenvalue weighted by Crippen LogP contribution is 2.22. The third-order valence-electron chi connectivity index (χ3n) is 5.18. The first-order valence-electron chi connectivity index (χ1n) is 9.52. The van der Waals surface area contributed by atoms with E-state index in [2.05, 4.69) is 10.4 Å². The number of anilines is 1. The molecule has 1 amide bonds. The molecule has 1 N–H and O–H groups in total. The van der Waals surface area contributed by atoms with Gasteiger partial charge in [-0.15, -0.1) is 0 Å². The van der Waals surface area contributed by atoms with E-state index in [0.29, 0.717) is 11.2 Å². The van der Waals surface area contributed by atoms with Crippen LogP contribution in [0.15, 0.2) is 46.3 Å². The predicted molar refractivity (Wildman–Crippen MR) is 109 cm³/mol. The van der Waals surface area contributed by atoms with E-state index in [9.17, 15) is 18.0 Å². The van der Waals surface area contributed by atoms with Crippen LogP contribution in [0.4, 0.5) is 5.69 Å². The molecule has 1 aliphatic rings. The summed E-state index contributed by atoms with van der Waals surface area (Å²) in [6, 6.07) is 5.99. The monoisotopic (exact) mass is 414 g/mol. The first-order valence-corrected chi connectivity index (χ1v) is 11.4. The van der Waals surface area contributed by atoms with Gasteiger partial charge in [0, 0.05) is 42.9 Å². The Kier molecular flexibility index (Phi) is 4.99. The first-order chi connectivity index (χ1) is 13.8. The standard InChI is InChI=1S/C20H22N4O4S/c1-29(27,28)15-8-6-14(7-9-15)21-18(25)10-11-23-12-13-24-19(20(23)26)16-4-2-3-5-17(16)22-24/h6-9,12-13H,2-5,10-11H2,1H3,(H,21,25). The molecule has 4 rings (SSSR count). The molecule has 2 heterocycles. The van der Waals surface area contributed by atoms with Crippen LogP contribution in [0, 0.1) is 0 Å². The van der Waals surface area contributed by atoms with Crippen LogP contribution in [0.25, 0.3) is 5.52 Å². The molecule has 2 aromatic heterocycles. The van der Waals surface area contributed by atoms with Crippen molar-refractivity contribution in [2.45, 2.75) is 43.5 Å². The number of carbonyl (C=O) groups excluding carboxylic acids is 1. The number of rotatable bonds is 5. The Morgan fingerprint density at radius 3 is 2.59 bits per heavy atom. The van der Waals surface area contributed by atoms with Gasteiger partial charge in [-0.25, -0.2) is 12.9 Å². The molecule has 1 aromatic carbocycles. The van der Waals surface area contributed by atoms with E-state index in [4.69, 9.17) is 0 Å². The minimum atomic E-state index is -3.28. The van der Waals surface area contributed by atoms with E-state index in [1.165, 1.54) is 16.7 Å². The molecule has 29 heavy (non-hydrogen) atoms. The van der Waals surface area contributed by atoms with Crippen LogP contribution in [-0.2, 0) is 34.0 Å². The smallest absolute Gasteiger partial charge is 0.276 e. The minimum Gasteiger partial charge on any atom is -0.326 e. The maximum Gasteiger partial charge on any atom is 0.276 e. The predicted octanol–water partition coefficient (Wildman–Crippen LogP) is 1.81. The normalized spacial score (nSPS) is 14.0. The number of nitrogens with zero attached hydrogens (tertiary/aromatic N) is 3. The molecule has 8 nitrogen and oxygen atoms in total. The van der Waals surface area contributed by atoms with Crippen LogP contribution in [0.2, 0.25) is 0 Å². The van der Waals surface area contributed by atoms with Gasteiger partial charge in [0.2, 0.25) is 5.91 Å². The Morgan fingerprint density at radius 2 is 1.86 bits per heavy atom. The number of sulfone groups is 1. The lowest BCUT2D eigenvalue weighted by Gasteiger charge is -2.10. The zero-order valence-electron chi connectivity index (χ0n) is 16.1. The van der Waals surface area contributed by atoms with Gasteiger partial charge in [-0.1, -0.05) is 0 Å². The van der Waals surface area contributed by atoms with Crippen molar-refractivity contribution in [2.24, 2.45) is 0 Å². The average Bonchev–Trinajstić information content (AvgIpc) is 3.06. The summed E-state index contributed by atoms with van der Waals surface area (Å²) < 4.78 is 26.2. The molecule has 0 radical (unpaired) electrons. The second-order valence-electron chi connectivity index (χ2n) is 7.32. The Morgan fingerprint density at radius 1 is 1.14 bits per heavy atom. The Labute approximate surface area is 168 Å². The number of benzene rings is 1.